The van der Waals surface area contributed by atoms with Gasteiger partial charge in [-0.3, -0.25) is 4.79 Å². The summed E-state index contributed by atoms with van der Waals surface area (Å²) in [6.07, 6.45) is -1.68. The molecule has 160 valence electrons. The summed E-state index contributed by atoms with van der Waals surface area (Å²) in [4.78, 5) is 24.6. The van der Waals surface area contributed by atoms with Crippen molar-refractivity contribution in [1.82, 2.24) is 5.32 Å². The number of carbonyl (C=O) groups excluding carboxylic acids is 1. The summed E-state index contributed by atoms with van der Waals surface area (Å²) in [5.74, 6) is -5.73. The average molecular weight is 456 g/mol. The smallest absolute Gasteiger partial charge is 0.329 e. The van der Waals surface area contributed by atoms with E-state index in [0.29, 0.717) is 15.6 Å². The van der Waals surface area contributed by atoms with Crippen LogP contribution in [-0.2, 0) is 16.0 Å². The van der Waals surface area contributed by atoms with E-state index in [2.05, 4.69) is 5.32 Å². The molecule has 2 atom stereocenters. The Labute approximate surface area is 183 Å². The van der Waals surface area contributed by atoms with Gasteiger partial charge in [0.05, 0.1) is 6.42 Å². The van der Waals surface area contributed by atoms with Crippen molar-refractivity contribution in [1.29, 1.82) is 0 Å². The first-order valence-corrected chi connectivity index (χ1v) is 10.2. The van der Waals surface area contributed by atoms with Crippen LogP contribution in [-0.4, -0.2) is 28.4 Å². The zero-order valence-electron chi connectivity index (χ0n) is 16.2. The van der Waals surface area contributed by atoms with Crippen LogP contribution in [0.5, 0.6) is 0 Å². The SMILES string of the molecule is CC1CC(F)(F)CCC1(NC(=O)Cc1cc(-c2ccc(Cl)cc2)ccc1Cl)C(=O)O. The van der Waals surface area contributed by atoms with Gasteiger partial charge in [0.2, 0.25) is 11.8 Å². The molecule has 1 aliphatic carbocycles. The highest BCUT2D eigenvalue weighted by Gasteiger charge is 2.53. The van der Waals surface area contributed by atoms with E-state index in [0.717, 1.165) is 11.1 Å². The monoisotopic (exact) mass is 455 g/mol. The van der Waals surface area contributed by atoms with Gasteiger partial charge < -0.3 is 10.4 Å². The van der Waals surface area contributed by atoms with Crippen LogP contribution in [0.15, 0.2) is 42.5 Å². The first-order valence-electron chi connectivity index (χ1n) is 9.49. The van der Waals surface area contributed by atoms with Crippen LogP contribution in [0.4, 0.5) is 8.78 Å². The molecule has 1 amide bonds. The molecule has 1 saturated carbocycles. The summed E-state index contributed by atoms with van der Waals surface area (Å²) in [7, 11) is 0. The van der Waals surface area contributed by atoms with Gasteiger partial charge in [0, 0.05) is 22.9 Å². The van der Waals surface area contributed by atoms with Crippen molar-refractivity contribution in [2.75, 3.05) is 0 Å². The standard InChI is InChI=1S/C22H21Cl2F2NO3/c1-13-12-21(25,26)8-9-22(13,20(29)30)27-19(28)11-16-10-15(4-7-18(16)24)14-2-5-17(23)6-3-14/h2-7,10,13H,8-9,11-12H2,1H3,(H,27,28)(H,29,30). The van der Waals surface area contributed by atoms with Gasteiger partial charge in [-0.05, 0) is 53.3 Å². The van der Waals surface area contributed by atoms with Crippen LogP contribution < -0.4 is 5.32 Å². The van der Waals surface area contributed by atoms with E-state index in [1.54, 1.807) is 30.3 Å². The summed E-state index contributed by atoms with van der Waals surface area (Å²) in [5.41, 5.74) is 0.482. The highest BCUT2D eigenvalue weighted by atomic mass is 35.5. The zero-order chi connectivity index (χ0) is 22.1. The summed E-state index contributed by atoms with van der Waals surface area (Å²) in [6, 6.07) is 12.4. The number of carboxylic acids is 1. The predicted molar refractivity (Wildman–Crippen MR) is 112 cm³/mol. The molecule has 30 heavy (non-hydrogen) atoms. The number of rotatable bonds is 5. The van der Waals surface area contributed by atoms with E-state index in [-0.39, 0.29) is 12.8 Å². The number of carbonyl (C=O) groups is 2. The van der Waals surface area contributed by atoms with Crippen LogP contribution in [0.2, 0.25) is 10.0 Å². The largest absolute Gasteiger partial charge is 0.479 e. The van der Waals surface area contributed by atoms with Gasteiger partial charge in [-0.15, -0.1) is 0 Å². The molecule has 2 aromatic carbocycles. The number of alkyl halides is 2. The molecule has 0 aliphatic heterocycles. The van der Waals surface area contributed by atoms with Crippen LogP contribution in [0, 0.1) is 5.92 Å². The highest BCUT2D eigenvalue weighted by Crippen LogP contribution is 2.42. The maximum Gasteiger partial charge on any atom is 0.329 e. The van der Waals surface area contributed by atoms with Crippen LogP contribution in [0.3, 0.4) is 0 Å². The quantitative estimate of drug-likeness (QED) is 0.616. The minimum atomic E-state index is -2.93. The van der Waals surface area contributed by atoms with Crippen molar-refractivity contribution in [3.8, 4) is 11.1 Å². The lowest BCUT2D eigenvalue weighted by atomic mass is 9.72. The highest BCUT2D eigenvalue weighted by molar-refractivity contribution is 6.31. The van der Waals surface area contributed by atoms with E-state index >= 15 is 0 Å². The molecular weight excluding hydrogens is 435 g/mol. The van der Waals surface area contributed by atoms with Gasteiger partial charge >= 0.3 is 5.97 Å². The van der Waals surface area contributed by atoms with Gasteiger partial charge in [-0.25, -0.2) is 13.6 Å². The Morgan fingerprint density at radius 1 is 1.10 bits per heavy atom. The van der Waals surface area contributed by atoms with E-state index in [9.17, 15) is 23.5 Å². The Kier molecular flexibility index (Phi) is 6.39. The molecule has 4 nitrogen and oxygen atoms in total. The van der Waals surface area contributed by atoms with Crippen LogP contribution in [0.25, 0.3) is 11.1 Å². The third kappa shape index (κ3) is 4.76. The second-order valence-corrected chi connectivity index (χ2v) is 8.62. The molecule has 8 heteroatoms. The average Bonchev–Trinajstić information content (AvgIpc) is 2.66. The molecule has 0 radical (unpaired) electrons. The fraction of sp³-hybridized carbons (Fsp3) is 0.364. The number of hydrogen-bond donors (Lipinski definition) is 2. The topological polar surface area (TPSA) is 66.4 Å². The Morgan fingerprint density at radius 3 is 2.33 bits per heavy atom. The Balaban J connectivity index is 1.80. The Hall–Kier alpha value is -2.18. The molecule has 0 bridgehead atoms. The summed E-state index contributed by atoms with van der Waals surface area (Å²) in [5, 5.41) is 13.2. The lowest BCUT2D eigenvalue weighted by molar-refractivity contribution is -0.158. The Bertz CT molecular complexity index is 965. The fourth-order valence-corrected chi connectivity index (χ4v) is 4.22. The lowest BCUT2D eigenvalue weighted by Crippen LogP contribution is -2.62. The first kappa shape index (κ1) is 22.5. The molecule has 3 rings (SSSR count). The second-order valence-electron chi connectivity index (χ2n) is 7.78. The minimum absolute atomic E-state index is 0.168. The van der Waals surface area contributed by atoms with Gasteiger partial charge in [-0.1, -0.05) is 48.3 Å². The van der Waals surface area contributed by atoms with Crippen molar-refractivity contribution in [2.45, 2.75) is 44.1 Å². The lowest BCUT2D eigenvalue weighted by Gasteiger charge is -2.42. The molecule has 0 aromatic heterocycles. The van der Waals surface area contributed by atoms with Crippen molar-refractivity contribution in [3.63, 3.8) is 0 Å². The van der Waals surface area contributed by atoms with E-state index in [4.69, 9.17) is 23.2 Å². The molecule has 1 fully saturated rings. The fourth-order valence-electron chi connectivity index (χ4n) is 3.91. The van der Waals surface area contributed by atoms with Crippen molar-refractivity contribution in [2.24, 2.45) is 5.92 Å². The van der Waals surface area contributed by atoms with Crippen LogP contribution >= 0.6 is 23.2 Å². The molecule has 0 heterocycles. The summed E-state index contributed by atoms with van der Waals surface area (Å²) in [6.45, 7) is 1.43. The first-order chi connectivity index (χ1) is 14.0. The number of halogens is 4. The van der Waals surface area contributed by atoms with Gasteiger partial charge in [-0.2, -0.15) is 0 Å². The molecule has 2 N–H and O–H groups in total. The zero-order valence-corrected chi connectivity index (χ0v) is 17.7. The number of benzene rings is 2. The van der Waals surface area contributed by atoms with Crippen LogP contribution in [0.1, 0.15) is 31.7 Å². The van der Waals surface area contributed by atoms with Crippen molar-refractivity contribution < 1.29 is 23.5 Å². The van der Waals surface area contributed by atoms with Crippen molar-refractivity contribution >= 4 is 35.1 Å². The summed E-state index contributed by atoms with van der Waals surface area (Å²) >= 11 is 12.2. The van der Waals surface area contributed by atoms with Gasteiger partial charge in [0.25, 0.3) is 0 Å². The molecule has 0 saturated heterocycles. The van der Waals surface area contributed by atoms with E-state index in [1.807, 2.05) is 12.1 Å². The minimum Gasteiger partial charge on any atom is -0.479 e. The normalized spacial score (nSPS) is 23.0. The van der Waals surface area contributed by atoms with Gasteiger partial charge in [0.15, 0.2) is 0 Å². The molecule has 0 spiro atoms. The summed E-state index contributed by atoms with van der Waals surface area (Å²) < 4.78 is 27.4. The third-order valence-electron chi connectivity index (χ3n) is 5.65. The van der Waals surface area contributed by atoms with E-state index in [1.165, 1.54) is 6.92 Å². The molecular formula is C22H21Cl2F2NO3. The maximum atomic E-state index is 13.7. The molecule has 2 unspecified atom stereocenters. The maximum absolute atomic E-state index is 13.7. The second kappa shape index (κ2) is 8.52. The van der Waals surface area contributed by atoms with Gasteiger partial charge in [0.1, 0.15) is 5.54 Å². The number of carboxylic acid groups (broad SMARTS) is 1. The number of amides is 1. The third-order valence-corrected chi connectivity index (χ3v) is 6.27. The number of hydrogen-bond acceptors (Lipinski definition) is 2. The van der Waals surface area contributed by atoms with Crippen molar-refractivity contribution in [3.05, 3.63) is 58.1 Å². The van der Waals surface area contributed by atoms with E-state index < -0.39 is 42.1 Å². The molecule has 1 aliphatic rings. The molecule has 2 aromatic rings. The number of nitrogens with one attached hydrogen (secondary N) is 1. The number of aliphatic carboxylic acids is 1. The predicted octanol–water partition coefficient (Wildman–Crippen LogP) is 5.60. The Morgan fingerprint density at radius 2 is 1.73 bits per heavy atom.